The van der Waals surface area contributed by atoms with Gasteiger partial charge in [0.25, 0.3) is 0 Å². The van der Waals surface area contributed by atoms with E-state index in [0.29, 0.717) is 0 Å². The van der Waals surface area contributed by atoms with Crippen molar-refractivity contribution in [3.05, 3.63) is 35.5 Å². The van der Waals surface area contributed by atoms with Gasteiger partial charge < -0.3 is 16.1 Å². The molecule has 1 aromatic rings. The molecule has 7 heteroatoms. The molecule has 0 bridgehead atoms. The topological polar surface area (TPSA) is 121 Å². The summed E-state index contributed by atoms with van der Waals surface area (Å²) in [5.74, 6) is 0. The summed E-state index contributed by atoms with van der Waals surface area (Å²) in [7, 11) is -3.75. The second kappa shape index (κ2) is 7.45. The summed E-state index contributed by atoms with van der Waals surface area (Å²) in [5.41, 5.74) is 0. The predicted molar refractivity (Wildman–Crippen MR) is 45.2 cm³/mol. The molecule has 5 nitrogen and oxygen atoms in total. The molecule has 1 aromatic carbocycles. The number of benzene rings is 1. The van der Waals surface area contributed by atoms with Crippen LogP contribution in [0.3, 0.4) is 0 Å². The molecule has 0 radical (unpaired) electrons. The summed E-state index contributed by atoms with van der Waals surface area (Å²) < 4.78 is 21.0. The van der Waals surface area contributed by atoms with Crippen LogP contribution in [-0.4, -0.2) is 19.4 Å². The number of rotatable bonds is 1. The molecule has 0 saturated carbocycles. The fraction of sp³-hybridized carbons (Fsp3) is 0. The summed E-state index contributed by atoms with van der Waals surface area (Å²) in [5, 5.41) is 6.65. The van der Waals surface area contributed by atoms with Gasteiger partial charge in [-0.2, -0.15) is 0 Å². The van der Waals surface area contributed by atoms with Crippen LogP contribution in [0, 0.1) is 0 Å². The third-order valence-corrected chi connectivity index (χ3v) is 1.95. The Morgan fingerprint density at radius 3 is 1.62 bits per heavy atom. The molecular formula is C6H10NNaO4S. The number of hydrogen-bond acceptors (Lipinski definition) is 2. The quantitative estimate of drug-likeness (QED) is 0.458. The number of nitrogens with one attached hydrogen (secondary N) is 1. The van der Waals surface area contributed by atoms with Crippen molar-refractivity contribution in [3.8, 4) is 0 Å². The maximum Gasteiger partial charge on any atom is 1.00 e. The van der Waals surface area contributed by atoms with Gasteiger partial charge in [-0.3, -0.25) is 0 Å². The smallest absolute Gasteiger partial charge is 0.560 e. The van der Waals surface area contributed by atoms with Crippen molar-refractivity contribution in [3.63, 3.8) is 0 Å². The van der Waals surface area contributed by atoms with Crippen LogP contribution in [0.5, 0.6) is 0 Å². The van der Waals surface area contributed by atoms with E-state index >= 15 is 0 Å². The predicted octanol–water partition coefficient (Wildman–Crippen LogP) is -3.22. The first-order valence-electron chi connectivity index (χ1n) is 2.65. The molecule has 5 N–H and O–H groups in total. The van der Waals surface area contributed by atoms with E-state index in [-0.39, 0.29) is 45.4 Å². The van der Waals surface area contributed by atoms with Crippen LogP contribution in [0.25, 0.3) is 5.14 Å². The summed E-state index contributed by atoms with van der Waals surface area (Å²) in [4.78, 5) is 0.0370. The SMILES string of the molecule is O.O.[NH-]S(=O)(=O)c1ccccc1.[Na+]. The van der Waals surface area contributed by atoms with Crippen LogP contribution in [-0.2, 0) is 10.0 Å². The van der Waals surface area contributed by atoms with Gasteiger partial charge in [0.1, 0.15) is 0 Å². The Morgan fingerprint density at radius 1 is 1.00 bits per heavy atom. The molecule has 0 fully saturated rings. The fourth-order valence-electron chi connectivity index (χ4n) is 0.600. The maximum atomic E-state index is 10.5. The van der Waals surface area contributed by atoms with Crippen molar-refractivity contribution in [2.45, 2.75) is 4.90 Å². The molecule has 0 saturated heterocycles. The third kappa shape index (κ3) is 6.17. The molecule has 0 aliphatic carbocycles. The van der Waals surface area contributed by atoms with E-state index in [0.717, 1.165) is 0 Å². The van der Waals surface area contributed by atoms with E-state index in [2.05, 4.69) is 0 Å². The molecule has 0 aliphatic rings. The normalized spacial score (nSPS) is 8.69. The summed E-state index contributed by atoms with van der Waals surface area (Å²) >= 11 is 0. The Balaban J connectivity index is -0.000000333. The first-order chi connectivity index (χ1) is 4.61. The summed E-state index contributed by atoms with van der Waals surface area (Å²) in [6.07, 6.45) is 0. The van der Waals surface area contributed by atoms with Gasteiger partial charge in [-0.15, -0.1) is 0 Å². The van der Waals surface area contributed by atoms with Gasteiger partial charge in [0.2, 0.25) is 0 Å². The van der Waals surface area contributed by atoms with Gasteiger partial charge in [-0.25, -0.2) is 8.42 Å². The average molecular weight is 215 g/mol. The minimum atomic E-state index is -3.75. The first kappa shape index (κ1) is 18.8. The van der Waals surface area contributed by atoms with Gasteiger partial charge in [-0.05, 0) is 12.1 Å². The molecular weight excluding hydrogens is 205 g/mol. The molecule has 70 valence electrons. The van der Waals surface area contributed by atoms with Crippen molar-refractivity contribution in [1.29, 1.82) is 0 Å². The minimum absolute atomic E-state index is 0. The number of hydrogen-bond donors (Lipinski definition) is 0. The molecule has 0 spiro atoms. The van der Waals surface area contributed by atoms with E-state index in [9.17, 15) is 8.42 Å². The van der Waals surface area contributed by atoms with E-state index in [1.165, 1.54) is 12.1 Å². The Kier molecular flexibility index (Phi) is 10.8. The van der Waals surface area contributed by atoms with Crippen molar-refractivity contribution in [1.82, 2.24) is 0 Å². The van der Waals surface area contributed by atoms with Crippen molar-refractivity contribution >= 4 is 10.0 Å². The van der Waals surface area contributed by atoms with Gasteiger partial charge in [-0.1, -0.05) is 18.2 Å². The minimum Gasteiger partial charge on any atom is -0.560 e. The van der Waals surface area contributed by atoms with Crippen LogP contribution in [0.2, 0.25) is 0 Å². The van der Waals surface area contributed by atoms with Crippen molar-refractivity contribution in [2.75, 3.05) is 0 Å². The van der Waals surface area contributed by atoms with E-state index < -0.39 is 10.0 Å². The molecule has 1 rings (SSSR count). The van der Waals surface area contributed by atoms with Crippen LogP contribution in [0.4, 0.5) is 0 Å². The molecule has 13 heavy (non-hydrogen) atoms. The van der Waals surface area contributed by atoms with E-state index in [4.69, 9.17) is 5.14 Å². The fourth-order valence-corrected chi connectivity index (χ4v) is 1.12. The first-order valence-corrected chi connectivity index (χ1v) is 4.14. The molecule has 0 atom stereocenters. The Labute approximate surface area is 98.9 Å². The zero-order valence-corrected chi connectivity index (χ0v) is 9.93. The largest absolute Gasteiger partial charge is 1.00 e. The van der Waals surface area contributed by atoms with Gasteiger partial charge in [0, 0.05) is 4.90 Å². The Bertz CT molecular complexity index is 313. The van der Waals surface area contributed by atoms with E-state index in [1.54, 1.807) is 18.2 Å². The van der Waals surface area contributed by atoms with Crippen LogP contribution in [0.15, 0.2) is 35.2 Å². The Morgan fingerprint density at radius 2 is 1.38 bits per heavy atom. The van der Waals surface area contributed by atoms with Crippen LogP contribution in [0.1, 0.15) is 0 Å². The van der Waals surface area contributed by atoms with Crippen LogP contribution < -0.4 is 29.6 Å². The molecule has 0 unspecified atom stereocenters. The molecule has 0 aliphatic heterocycles. The number of sulfonamides is 1. The second-order valence-corrected chi connectivity index (χ2v) is 3.29. The molecule has 0 heterocycles. The zero-order chi connectivity index (χ0) is 7.61. The van der Waals surface area contributed by atoms with Gasteiger partial charge in [0.05, 0.1) is 10.0 Å². The summed E-state index contributed by atoms with van der Waals surface area (Å²) in [6.45, 7) is 0. The second-order valence-electron chi connectivity index (χ2n) is 1.82. The third-order valence-electron chi connectivity index (χ3n) is 1.05. The van der Waals surface area contributed by atoms with Gasteiger partial charge >= 0.3 is 29.6 Å². The van der Waals surface area contributed by atoms with Crippen molar-refractivity contribution < 1.29 is 48.9 Å². The Hall–Kier alpha value is 0.0500. The average Bonchev–Trinajstić information content (AvgIpc) is 1.88. The molecule has 0 aromatic heterocycles. The standard InChI is InChI=1S/C6H6NO2S.Na.2H2O/c7-10(8,9)6-4-2-1-3-5-6;;;/h1-5H,(H-,7,8,9);;2*1H2/q-1;+1;;. The van der Waals surface area contributed by atoms with Crippen molar-refractivity contribution in [2.24, 2.45) is 0 Å². The zero-order valence-electron chi connectivity index (χ0n) is 7.11. The molecule has 0 amide bonds. The maximum absolute atomic E-state index is 10.5. The monoisotopic (exact) mass is 215 g/mol. The van der Waals surface area contributed by atoms with Crippen LogP contribution >= 0.6 is 0 Å². The summed E-state index contributed by atoms with van der Waals surface area (Å²) in [6, 6.07) is 7.65. The van der Waals surface area contributed by atoms with E-state index in [1.807, 2.05) is 0 Å². The van der Waals surface area contributed by atoms with Gasteiger partial charge in [0.15, 0.2) is 0 Å².